The van der Waals surface area contributed by atoms with Gasteiger partial charge in [-0.05, 0) is 51.6 Å². The van der Waals surface area contributed by atoms with Crippen LogP contribution in [-0.4, -0.2) is 75.8 Å². The molecule has 1 fully saturated rings. The molecule has 33 heavy (non-hydrogen) atoms. The van der Waals surface area contributed by atoms with Gasteiger partial charge >= 0.3 is 0 Å². The lowest BCUT2D eigenvalue weighted by Gasteiger charge is -2.45. The highest BCUT2D eigenvalue weighted by Gasteiger charge is 2.36. The van der Waals surface area contributed by atoms with E-state index < -0.39 is 0 Å². The summed E-state index contributed by atoms with van der Waals surface area (Å²) in [5, 5.41) is 0. The van der Waals surface area contributed by atoms with Crippen molar-refractivity contribution in [2.45, 2.75) is 25.8 Å². The third kappa shape index (κ3) is 5.17. The van der Waals surface area contributed by atoms with E-state index in [1.165, 1.54) is 21.3 Å². The summed E-state index contributed by atoms with van der Waals surface area (Å²) >= 11 is 0. The number of likely N-dealkylation sites (N-methyl/N-ethyl adjacent to an activating group) is 1. The molecule has 0 atom stereocenters. The highest BCUT2D eigenvalue weighted by atomic mass is 16.5. The van der Waals surface area contributed by atoms with Gasteiger partial charge in [0.05, 0.1) is 26.9 Å². The fourth-order valence-corrected chi connectivity index (χ4v) is 4.02. The standard InChI is InChI=1S/C25H35N3O5/c1-25(2)16-28(14-13-27(25)3)24(29)19-15-20(22(31-5)23(32-6)21(19)30-4)33-18-9-7-17(8-10-18)11-12-26/h7-10,15H,11-14,16,26H2,1-6H3. The van der Waals surface area contributed by atoms with Crippen LogP contribution in [-0.2, 0) is 6.42 Å². The van der Waals surface area contributed by atoms with Crippen LogP contribution in [0.3, 0.4) is 0 Å². The monoisotopic (exact) mass is 457 g/mol. The largest absolute Gasteiger partial charge is 0.492 e. The number of carbonyl (C=O) groups excluding carboxylic acids is 1. The van der Waals surface area contributed by atoms with E-state index in [-0.39, 0.29) is 11.4 Å². The Morgan fingerprint density at radius 2 is 1.64 bits per heavy atom. The molecule has 0 spiro atoms. The van der Waals surface area contributed by atoms with Crippen LogP contribution in [0, 0.1) is 0 Å². The zero-order chi connectivity index (χ0) is 24.2. The van der Waals surface area contributed by atoms with Crippen molar-refractivity contribution in [3.8, 4) is 28.7 Å². The molecule has 0 saturated carbocycles. The predicted octanol–water partition coefficient (Wildman–Crippen LogP) is 3.17. The van der Waals surface area contributed by atoms with E-state index in [1.807, 2.05) is 29.2 Å². The van der Waals surface area contributed by atoms with Crippen LogP contribution in [0.5, 0.6) is 28.7 Å². The first-order chi connectivity index (χ1) is 15.7. The smallest absolute Gasteiger partial charge is 0.258 e. The Kier molecular flexibility index (Phi) is 7.71. The zero-order valence-electron chi connectivity index (χ0n) is 20.4. The van der Waals surface area contributed by atoms with Crippen molar-refractivity contribution in [1.82, 2.24) is 9.80 Å². The third-order valence-electron chi connectivity index (χ3n) is 6.19. The van der Waals surface area contributed by atoms with Gasteiger partial charge in [-0.25, -0.2) is 0 Å². The summed E-state index contributed by atoms with van der Waals surface area (Å²) in [6.07, 6.45) is 0.792. The Morgan fingerprint density at radius 3 is 2.18 bits per heavy atom. The molecule has 1 heterocycles. The van der Waals surface area contributed by atoms with Crippen LogP contribution >= 0.6 is 0 Å². The minimum Gasteiger partial charge on any atom is -0.492 e. The van der Waals surface area contributed by atoms with Crippen LogP contribution < -0.4 is 24.7 Å². The molecule has 1 aliphatic heterocycles. The molecule has 0 radical (unpaired) electrons. The molecule has 1 amide bonds. The molecule has 2 N–H and O–H groups in total. The van der Waals surface area contributed by atoms with Gasteiger partial charge in [0.25, 0.3) is 5.91 Å². The molecule has 2 aromatic carbocycles. The molecule has 1 saturated heterocycles. The van der Waals surface area contributed by atoms with Crippen molar-refractivity contribution in [2.24, 2.45) is 5.73 Å². The SMILES string of the molecule is COc1c(Oc2ccc(CCN)cc2)cc(C(=O)N2CCN(C)C(C)(C)C2)c(OC)c1OC. The molecule has 8 heteroatoms. The fourth-order valence-electron chi connectivity index (χ4n) is 4.02. The summed E-state index contributed by atoms with van der Waals surface area (Å²) in [4.78, 5) is 17.7. The number of benzene rings is 2. The van der Waals surface area contributed by atoms with E-state index in [9.17, 15) is 4.79 Å². The van der Waals surface area contributed by atoms with E-state index >= 15 is 0 Å². The Labute approximate surface area is 196 Å². The van der Waals surface area contributed by atoms with Crippen molar-refractivity contribution < 1.29 is 23.7 Å². The van der Waals surface area contributed by atoms with E-state index in [0.717, 1.165) is 18.5 Å². The lowest BCUT2D eigenvalue weighted by molar-refractivity contribution is 0.0308. The van der Waals surface area contributed by atoms with Crippen molar-refractivity contribution in [2.75, 3.05) is 54.6 Å². The number of nitrogens with two attached hydrogens (primary N) is 1. The van der Waals surface area contributed by atoms with Crippen molar-refractivity contribution >= 4 is 5.91 Å². The van der Waals surface area contributed by atoms with E-state index in [2.05, 4.69) is 25.8 Å². The average Bonchev–Trinajstić information content (AvgIpc) is 2.80. The van der Waals surface area contributed by atoms with E-state index in [0.29, 0.717) is 53.9 Å². The number of piperazine rings is 1. The first-order valence-electron chi connectivity index (χ1n) is 11.1. The van der Waals surface area contributed by atoms with Gasteiger partial charge in [0.1, 0.15) is 5.75 Å². The number of nitrogens with zero attached hydrogens (tertiary/aromatic N) is 2. The number of amides is 1. The number of hydrogen-bond acceptors (Lipinski definition) is 7. The summed E-state index contributed by atoms with van der Waals surface area (Å²) in [7, 11) is 6.63. The molecular weight excluding hydrogens is 422 g/mol. The maximum atomic E-state index is 13.6. The average molecular weight is 458 g/mol. The second-order valence-corrected chi connectivity index (χ2v) is 8.77. The van der Waals surface area contributed by atoms with Crippen LogP contribution in [0.25, 0.3) is 0 Å². The second-order valence-electron chi connectivity index (χ2n) is 8.77. The summed E-state index contributed by atoms with van der Waals surface area (Å²) in [6, 6.07) is 9.33. The van der Waals surface area contributed by atoms with Gasteiger partial charge in [-0.3, -0.25) is 9.69 Å². The second kappa shape index (κ2) is 10.3. The van der Waals surface area contributed by atoms with Crippen molar-refractivity contribution in [3.05, 3.63) is 41.5 Å². The maximum absolute atomic E-state index is 13.6. The molecule has 0 aromatic heterocycles. The molecule has 8 nitrogen and oxygen atoms in total. The van der Waals surface area contributed by atoms with Gasteiger partial charge in [-0.1, -0.05) is 12.1 Å². The first kappa shape index (κ1) is 24.7. The fraction of sp³-hybridized carbons (Fsp3) is 0.480. The molecular formula is C25H35N3O5. The van der Waals surface area contributed by atoms with Gasteiger partial charge in [0, 0.05) is 31.2 Å². The maximum Gasteiger partial charge on any atom is 0.258 e. The quantitative estimate of drug-likeness (QED) is 0.652. The Morgan fingerprint density at radius 1 is 1.00 bits per heavy atom. The number of rotatable bonds is 8. The third-order valence-corrected chi connectivity index (χ3v) is 6.19. The topological polar surface area (TPSA) is 86.5 Å². The summed E-state index contributed by atoms with van der Waals surface area (Å²) in [6.45, 7) is 6.83. The highest BCUT2D eigenvalue weighted by molar-refractivity contribution is 5.99. The number of ether oxygens (including phenoxy) is 4. The Bertz CT molecular complexity index is 975. The van der Waals surface area contributed by atoms with Gasteiger partial charge in [0.2, 0.25) is 11.5 Å². The summed E-state index contributed by atoms with van der Waals surface area (Å²) in [5.74, 6) is 1.84. The molecule has 0 aliphatic carbocycles. The van der Waals surface area contributed by atoms with E-state index in [4.69, 9.17) is 24.7 Å². The van der Waals surface area contributed by atoms with Gasteiger partial charge in [-0.15, -0.1) is 0 Å². The van der Waals surface area contributed by atoms with Gasteiger partial charge in [-0.2, -0.15) is 0 Å². The van der Waals surface area contributed by atoms with E-state index in [1.54, 1.807) is 6.07 Å². The molecule has 0 bridgehead atoms. The minimum absolute atomic E-state index is 0.137. The van der Waals surface area contributed by atoms with Crippen LogP contribution in [0.4, 0.5) is 0 Å². The predicted molar refractivity (Wildman–Crippen MR) is 128 cm³/mol. The lowest BCUT2D eigenvalue weighted by atomic mass is 9.98. The molecule has 2 aromatic rings. The highest BCUT2D eigenvalue weighted by Crippen LogP contribution is 2.48. The molecule has 180 valence electrons. The molecule has 3 rings (SSSR count). The number of carbonyl (C=O) groups is 1. The Hall–Kier alpha value is -2.97. The van der Waals surface area contributed by atoms with Crippen molar-refractivity contribution in [3.63, 3.8) is 0 Å². The zero-order valence-corrected chi connectivity index (χ0v) is 20.4. The van der Waals surface area contributed by atoms with Crippen LogP contribution in [0.15, 0.2) is 30.3 Å². The summed E-state index contributed by atoms with van der Waals surface area (Å²) < 4.78 is 22.9. The van der Waals surface area contributed by atoms with Gasteiger partial charge in [0.15, 0.2) is 11.5 Å². The molecule has 1 aliphatic rings. The number of hydrogen-bond donors (Lipinski definition) is 1. The molecule has 0 unspecified atom stereocenters. The first-order valence-corrected chi connectivity index (χ1v) is 11.1. The Balaban J connectivity index is 2.02. The van der Waals surface area contributed by atoms with Crippen molar-refractivity contribution in [1.29, 1.82) is 0 Å². The number of methoxy groups -OCH3 is 3. The van der Waals surface area contributed by atoms with Crippen LogP contribution in [0.2, 0.25) is 0 Å². The minimum atomic E-state index is -0.142. The van der Waals surface area contributed by atoms with Gasteiger partial charge < -0.3 is 29.6 Å². The normalized spacial score (nSPS) is 15.8. The summed E-state index contributed by atoms with van der Waals surface area (Å²) in [5.41, 5.74) is 6.99. The van der Waals surface area contributed by atoms with Crippen LogP contribution in [0.1, 0.15) is 29.8 Å². The lowest BCUT2D eigenvalue weighted by Crippen LogP contribution is -2.58.